The molecule has 0 unspecified atom stereocenters. The summed E-state index contributed by atoms with van der Waals surface area (Å²) in [6, 6.07) is 21.6. The van der Waals surface area contributed by atoms with Crippen LogP contribution in [0, 0.1) is 10.1 Å². The van der Waals surface area contributed by atoms with Gasteiger partial charge in [0.1, 0.15) is 0 Å². The number of carbonyl (C=O) groups excluding carboxylic acids is 1. The quantitative estimate of drug-likeness (QED) is 0.255. The van der Waals surface area contributed by atoms with Gasteiger partial charge < -0.3 is 14.4 Å². The second-order valence-corrected chi connectivity index (χ2v) is 7.02. The predicted molar refractivity (Wildman–Crippen MR) is 123 cm³/mol. The fourth-order valence-corrected chi connectivity index (χ4v) is 3.07. The molecule has 1 amide bonds. The van der Waals surface area contributed by atoms with Gasteiger partial charge in [0.15, 0.2) is 5.69 Å². The van der Waals surface area contributed by atoms with Gasteiger partial charge in [-0.2, -0.15) is 0 Å². The zero-order valence-corrected chi connectivity index (χ0v) is 17.5. The summed E-state index contributed by atoms with van der Waals surface area (Å²) < 4.78 is 5.25. The zero-order valence-electron chi connectivity index (χ0n) is 17.5. The second-order valence-electron chi connectivity index (χ2n) is 7.02. The van der Waals surface area contributed by atoms with Crippen LogP contribution in [-0.4, -0.2) is 34.2 Å². The minimum absolute atomic E-state index is 0.0661. The van der Waals surface area contributed by atoms with Crippen LogP contribution in [0.1, 0.15) is 16.1 Å². The molecule has 33 heavy (non-hydrogen) atoms. The van der Waals surface area contributed by atoms with Crippen LogP contribution in [0.25, 0.3) is 11.5 Å². The lowest BCUT2D eigenvalue weighted by atomic mass is 10.1. The number of non-ortho nitro benzene ring substituents is 1. The van der Waals surface area contributed by atoms with Crippen LogP contribution in [0.5, 0.6) is 5.95 Å². The number of carbonyl (C=O) groups is 1. The number of hydrogen-bond acceptors (Lipinski definition) is 7. The maximum absolute atomic E-state index is 12.8. The van der Waals surface area contributed by atoms with E-state index >= 15 is 0 Å². The number of aliphatic imine (C=N–C) groups is 1. The molecule has 0 saturated heterocycles. The number of oxazole rings is 1. The largest absolute Gasteiger partial charge is 0.479 e. The first-order valence-electron chi connectivity index (χ1n) is 9.84. The molecule has 0 atom stereocenters. The second kappa shape index (κ2) is 9.15. The maximum atomic E-state index is 12.8. The number of benzene rings is 3. The molecule has 4 aromatic rings. The van der Waals surface area contributed by atoms with Crippen LogP contribution in [0.3, 0.4) is 0 Å². The molecule has 0 aliphatic heterocycles. The van der Waals surface area contributed by atoms with Crippen LogP contribution in [-0.2, 0) is 0 Å². The van der Waals surface area contributed by atoms with Crippen molar-refractivity contribution in [2.24, 2.45) is 4.99 Å². The van der Waals surface area contributed by atoms with Gasteiger partial charge in [-0.05, 0) is 42.5 Å². The summed E-state index contributed by atoms with van der Waals surface area (Å²) in [6.07, 6.45) is 1.32. The Bertz CT molecular complexity index is 1330. The molecule has 1 heterocycles. The molecule has 3 aromatic carbocycles. The Morgan fingerprint density at radius 2 is 1.82 bits per heavy atom. The summed E-state index contributed by atoms with van der Waals surface area (Å²) in [4.78, 5) is 33.1. The molecule has 0 aliphatic carbocycles. The summed E-state index contributed by atoms with van der Waals surface area (Å²) in [6.45, 7) is 0. The highest BCUT2D eigenvalue weighted by Gasteiger charge is 2.15. The summed E-state index contributed by atoms with van der Waals surface area (Å²) >= 11 is 0. The molecule has 1 aromatic heterocycles. The summed E-state index contributed by atoms with van der Waals surface area (Å²) in [5.74, 6) is -0.539. The number of hydrogen-bond donors (Lipinski definition) is 1. The van der Waals surface area contributed by atoms with Crippen LogP contribution in [0.4, 0.5) is 17.1 Å². The third-order valence-electron chi connectivity index (χ3n) is 4.84. The van der Waals surface area contributed by atoms with Crippen LogP contribution >= 0.6 is 0 Å². The first-order chi connectivity index (χ1) is 15.9. The van der Waals surface area contributed by atoms with E-state index < -0.39 is 10.9 Å². The van der Waals surface area contributed by atoms with Crippen molar-refractivity contribution >= 4 is 29.2 Å². The molecule has 0 bridgehead atoms. The summed E-state index contributed by atoms with van der Waals surface area (Å²) in [5.41, 5.74) is 2.19. The molecule has 164 valence electrons. The van der Waals surface area contributed by atoms with Gasteiger partial charge in [0, 0.05) is 36.0 Å². The number of nitro groups is 1. The first kappa shape index (κ1) is 21.4. The van der Waals surface area contributed by atoms with Crippen molar-refractivity contribution in [2.75, 3.05) is 11.9 Å². The fourth-order valence-electron chi connectivity index (χ4n) is 3.07. The number of aromatic hydroxyl groups is 1. The molecule has 0 fully saturated rings. The standard InChI is InChI=1S/C24H18N4O5/c1-27(19-8-3-2-4-9-19)23(29)17-6-5-7-18(14-17)25-15-21-24(30)33-22(26-21)16-10-12-20(13-11-16)28(31)32/h2-15,30H,1H3. The lowest BCUT2D eigenvalue weighted by Gasteiger charge is -2.17. The summed E-state index contributed by atoms with van der Waals surface area (Å²) in [7, 11) is 1.70. The third kappa shape index (κ3) is 4.77. The Hall–Kier alpha value is -4.79. The SMILES string of the molecule is CN(C(=O)c1cccc(N=Cc2nc(-c3ccc([N+](=O)[O-])cc3)oc2O)c1)c1ccccc1. The van der Waals surface area contributed by atoms with Gasteiger partial charge in [0.2, 0.25) is 5.89 Å². The van der Waals surface area contributed by atoms with Crippen molar-refractivity contribution in [3.05, 3.63) is 100 Å². The Morgan fingerprint density at radius 3 is 2.52 bits per heavy atom. The van der Waals surface area contributed by atoms with Crippen molar-refractivity contribution < 1.29 is 19.2 Å². The number of para-hydroxylation sites is 1. The lowest BCUT2D eigenvalue weighted by molar-refractivity contribution is -0.384. The normalized spacial score (nSPS) is 10.9. The van der Waals surface area contributed by atoms with E-state index in [2.05, 4.69) is 9.98 Å². The summed E-state index contributed by atoms with van der Waals surface area (Å²) in [5, 5.41) is 20.9. The average molecular weight is 442 g/mol. The van der Waals surface area contributed by atoms with E-state index in [9.17, 15) is 20.0 Å². The van der Waals surface area contributed by atoms with Gasteiger partial charge in [-0.25, -0.2) is 4.98 Å². The van der Waals surface area contributed by atoms with Crippen LogP contribution in [0.15, 0.2) is 88.3 Å². The highest BCUT2D eigenvalue weighted by atomic mass is 16.6. The number of nitro benzene ring substituents is 1. The monoisotopic (exact) mass is 442 g/mol. The van der Waals surface area contributed by atoms with E-state index in [1.54, 1.807) is 36.2 Å². The fraction of sp³-hybridized carbons (Fsp3) is 0.0417. The van der Waals surface area contributed by atoms with Gasteiger partial charge in [-0.1, -0.05) is 24.3 Å². The minimum atomic E-state index is -0.509. The molecule has 0 saturated carbocycles. The van der Waals surface area contributed by atoms with Gasteiger partial charge in [0.05, 0.1) is 16.8 Å². The Kier molecular flexibility index (Phi) is 5.94. The molecule has 1 N–H and O–H groups in total. The predicted octanol–water partition coefficient (Wildman–Crippen LogP) is 4.98. The van der Waals surface area contributed by atoms with Gasteiger partial charge in [0.25, 0.3) is 11.6 Å². The van der Waals surface area contributed by atoms with E-state index in [1.165, 1.54) is 30.5 Å². The van der Waals surface area contributed by atoms with E-state index in [-0.39, 0.29) is 23.2 Å². The van der Waals surface area contributed by atoms with Crippen LogP contribution in [0.2, 0.25) is 0 Å². The van der Waals surface area contributed by atoms with Crippen molar-refractivity contribution in [1.82, 2.24) is 4.98 Å². The minimum Gasteiger partial charge on any atom is -0.479 e. The first-order valence-corrected chi connectivity index (χ1v) is 9.84. The van der Waals surface area contributed by atoms with Gasteiger partial charge in [-0.3, -0.25) is 19.9 Å². The van der Waals surface area contributed by atoms with Gasteiger partial charge >= 0.3 is 5.95 Å². The van der Waals surface area contributed by atoms with Crippen molar-refractivity contribution in [3.63, 3.8) is 0 Å². The lowest BCUT2D eigenvalue weighted by Crippen LogP contribution is -2.25. The average Bonchev–Trinajstić information content (AvgIpc) is 3.23. The zero-order chi connectivity index (χ0) is 23.4. The van der Waals surface area contributed by atoms with Crippen molar-refractivity contribution in [3.8, 4) is 17.4 Å². The number of nitrogens with zero attached hydrogens (tertiary/aromatic N) is 4. The molecular formula is C24H18N4O5. The van der Waals surface area contributed by atoms with Crippen molar-refractivity contribution in [2.45, 2.75) is 0 Å². The molecule has 0 aliphatic rings. The Labute approximate surface area is 188 Å². The Balaban J connectivity index is 1.53. The number of rotatable bonds is 6. The van der Waals surface area contributed by atoms with Crippen molar-refractivity contribution in [1.29, 1.82) is 0 Å². The molecule has 0 radical (unpaired) electrons. The third-order valence-corrected chi connectivity index (χ3v) is 4.84. The maximum Gasteiger partial charge on any atom is 0.312 e. The van der Waals surface area contributed by atoms with Crippen LogP contribution < -0.4 is 4.90 Å². The van der Waals surface area contributed by atoms with E-state index in [4.69, 9.17) is 4.42 Å². The Morgan fingerprint density at radius 1 is 1.09 bits per heavy atom. The topological polar surface area (TPSA) is 122 Å². The smallest absolute Gasteiger partial charge is 0.312 e. The highest BCUT2D eigenvalue weighted by molar-refractivity contribution is 6.06. The van der Waals surface area contributed by atoms with E-state index in [0.29, 0.717) is 16.8 Å². The molecule has 9 nitrogen and oxygen atoms in total. The number of aromatic nitrogens is 1. The van der Waals surface area contributed by atoms with E-state index in [0.717, 1.165) is 5.69 Å². The number of anilines is 1. The molecule has 4 rings (SSSR count). The van der Waals surface area contributed by atoms with Gasteiger partial charge in [-0.15, -0.1) is 0 Å². The molecule has 0 spiro atoms. The highest BCUT2D eigenvalue weighted by Crippen LogP contribution is 2.27. The number of amides is 1. The molecule has 9 heteroatoms. The van der Waals surface area contributed by atoms with E-state index in [1.807, 2.05) is 30.3 Å². The molecular weight excluding hydrogens is 424 g/mol.